The second-order valence-electron chi connectivity index (χ2n) is 4.72. The Hall–Kier alpha value is -0.610. The largest absolute Gasteiger partial charge is 0.338 e. The molecule has 0 spiro atoms. The van der Waals surface area contributed by atoms with Crippen LogP contribution in [0.15, 0.2) is 0 Å². The Morgan fingerprint density at radius 2 is 2.31 bits per heavy atom. The molecule has 1 heterocycles. The molecular weight excluding hydrogens is 202 g/mol. The fourth-order valence-electron chi connectivity index (χ4n) is 2.37. The maximum atomic E-state index is 12.0. The lowest BCUT2D eigenvalue weighted by Gasteiger charge is -2.38. The van der Waals surface area contributed by atoms with Crippen LogP contribution in [0.3, 0.4) is 0 Å². The molecular formula is C12H25N3O. The second kappa shape index (κ2) is 6.86. The van der Waals surface area contributed by atoms with Crippen molar-refractivity contribution >= 4 is 5.91 Å². The standard InChI is InChI=1S/C12H25N3O/c1-10(13)11-6-3-4-9-15(11)12(16)7-5-8-14-2/h10-11,14H,3-9,13H2,1-2H3. The van der Waals surface area contributed by atoms with Gasteiger partial charge in [-0.05, 0) is 46.2 Å². The van der Waals surface area contributed by atoms with Gasteiger partial charge in [-0.3, -0.25) is 4.79 Å². The average molecular weight is 227 g/mol. The SMILES string of the molecule is CNCCCC(=O)N1CCCCC1C(C)N. The highest BCUT2D eigenvalue weighted by atomic mass is 16.2. The van der Waals surface area contributed by atoms with E-state index in [2.05, 4.69) is 5.32 Å². The number of carbonyl (C=O) groups is 1. The fraction of sp³-hybridized carbons (Fsp3) is 0.917. The number of nitrogens with one attached hydrogen (secondary N) is 1. The lowest BCUT2D eigenvalue weighted by Crippen LogP contribution is -2.51. The van der Waals surface area contributed by atoms with Crippen molar-refractivity contribution in [2.24, 2.45) is 5.73 Å². The van der Waals surface area contributed by atoms with Crippen molar-refractivity contribution in [2.45, 2.75) is 51.1 Å². The number of rotatable bonds is 5. The molecule has 94 valence electrons. The van der Waals surface area contributed by atoms with E-state index in [4.69, 9.17) is 5.73 Å². The van der Waals surface area contributed by atoms with E-state index in [0.717, 1.165) is 32.4 Å². The minimum Gasteiger partial charge on any atom is -0.338 e. The normalized spacial score (nSPS) is 23.2. The molecule has 1 saturated heterocycles. The Balaban J connectivity index is 2.44. The van der Waals surface area contributed by atoms with Gasteiger partial charge in [0.05, 0.1) is 0 Å². The fourth-order valence-corrected chi connectivity index (χ4v) is 2.37. The molecule has 0 aliphatic carbocycles. The number of likely N-dealkylation sites (tertiary alicyclic amines) is 1. The molecule has 0 aromatic carbocycles. The lowest BCUT2D eigenvalue weighted by molar-refractivity contribution is -0.135. The molecule has 0 bridgehead atoms. The number of piperidine rings is 1. The van der Waals surface area contributed by atoms with Gasteiger partial charge in [0.25, 0.3) is 0 Å². The van der Waals surface area contributed by atoms with Crippen molar-refractivity contribution in [3.8, 4) is 0 Å². The smallest absolute Gasteiger partial charge is 0.222 e. The van der Waals surface area contributed by atoms with Crippen LogP contribution in [0, 0.1) is 0 Å². The van der Waals surface area contributed by atoms with Crippen LogP contribution in [-0.4, -0.2) is 43.0 Å². The number of carbonyl (C=O) groups excluding carboxylic acids is 1. The summed E-state index contributed by atoms with van der Waals surface area (Å²) in [6.07, 6.45) is 4.95. The minimum atomic E-state index is 0.0913. The second-order valence-corrected chi connectivity index (χ2v) is 4.72. The van der Waals surface area contributed by atoms with Gasteiger partial charge in [-0.1, -0.05) is 0 Å². The first kappa shape index (κ1) is 13.5. The summed E-state index contributed by atoms with van der Waals surface area (Å²) < 4.78 is 0. The van der Waals surface area contributed by atoms with E-state index in [9.17, 15) is 4.79 Å². The number of nitrogens with two attached hydrogens (primary N) is 1. The van der Waals surface area contributed by atoms with E-state index in [1.54, 1.807) is 0 Å². The zero-order chi connectivity index (χ0) is 12.0. The average Bonchev–Trinajstić information content (AvgIpc) is 2.29. The van der Waals surface area contributed by atoms with Gasteiger partial charge in [0, 0.05) is 25.0 Å². The van der Waals surface area contributed by atoms with Crippen LogP contribution >= 0.6 is 0 Å². The highest BCUT2D eigenvalue weighted by Crippen LogP contribution is 2.20. The van der Waals surface area contributed by atoms with Crippen molar-refractivity contribution in [1.29, 1.82) is 0 Å². The highest BCUT2D eigenvalue weighted by molar-refractivity contribution is 5.76. The van der Waals surface area contributed by atoms with Gasteiger partial charge >= 0.3 is 0 Å². The van der Waals surface area contributed by atoms with Crippen molar-refractivity contribution in [1.82, 2.24) is 10.2 Å². The van der Waals surface area contributed by atoms with Gasteiger partial charge in [0.15, 0.2) is 0 Å². The first-order valence-electron chi connectivity index (χ1n) is 6.36. The van der Waals surface area contributed by atoms with Gasteiger partial charge in [0.2, 0.25) is 5.91 Å². The first-order chi connectivity index (χ1) is 7.66. The summed E-state index contributed by atoms with van der Waals surface area (Å²) in [5.74, 6) is 0.275. The van der Waals surface area contributed by atoms with E-state index in [-0.39, 0.29) is 18.0 Å². The van der Waals surface area contributed by atoms with E-state index >= 15 is 0 Å². The lowest BCUT2D eigenvalue weighted by atomic mass is 9.96. The molecule has 4 heteroatoms. The Bertz CT molecular complexity index is 218. The summed E-state index contributed by atoms with van der Waals surface area (Å²) in [7, 11) is 1.91. The van der Waals surface area contributed by atoms with E-state index in [1.165, 1.54) is 6.42 Å². The predicted molar refractivity (Wildman–Crippen MR) is 66.2 cm³/mol. The van der Waals surface area contributed by atoms with Crippen LogP contribution in [0.2, 0.25) is 0 Å². The van der Waals surface area contributed by atoms with Crippen LogP contribution in [0.1, 0.15) is 39.0 Å². The molecule has 2 atom stereocenters. The van der Waals surface area contributed by atoms with E-state index in [0.29, 0.717) is 6.42 Å². The Kier molecular flexibility index (Phi) is 5.77. The summed E-state index contributed by atoms with van der Waals surface area (Å²) in [5, 5.41) is 3.06. The van der Waals surface area contributed by atoms with Crippen molar-refractivity contribution in [3.63, 3.8) is 0 Å². The molecule has 1 rings (SSSR count). The molecule has 16 heavy (non-hydrogen) atoms. The summed E-state index contributed by atoms with van der Waals surface area (Å²) in [6.45, 7) is 3.80. The number of hydrogen-bond acceptors (Lipinski definition) is 3. The Morgan fingerprint density at radius 1 is 1.56 bits per heavy atom. The van der Waals surface area contributed by atoms with Crippen LogP contribution in [0.25, 0.3) is 0 Å². The summed E-state index contributed by atoms with van der Waals surface area (Å²) in [4.78, 5) is 14.0. The van der Waals surface area contributed by atoms with E-state index < -0.39 is 0 Å². The van der Waals surface area contributed by atoms with Gasteiger partial charge < -0.3 is 16.0 Å². The summed E-state index contributed by atoms with van der Waals surface area (Å²) in [5.41, 5.74) is 5.94. The van der Waals surface area contributed by atoms with Crippen molar-refractivity contribution < 1.29 is 4.79 Å². The number of amides is 1. The van der Waals surface area contributed by atoms with Crippen LogP contribution < -0.4 is 11.1 Å². The predicted octanol–water partition coefficient (Wildman–Crippen LogP) is 0.714. The third kappa shape index (κ3) is 3.76. The molecule has 0 aromatic rings. The van der Waals surface area contributed by atoms with Gasteiger partial charge in [-0.2, -0.15) is 0 Å². The van der Waals surface area contributed by atoms with Crippen LogP contribution in [0.5, 0.6) is 0 Å². The number of hydrogen-bond donors (Lipinski definition) is 2. The molecule has 2 unspecified atom stereocenters. The zero-order valence-corrected chi connectivity index (χ0v) is 10.5. The maximum absolute atomic E-state index is 12.0. The topological polar surface area (TPSA) is 58.4 Å². The number of nitrogens with zero attached hydrogens (tertiary/aromatic N) is 1. The molecule has 1 amide bonds. The van der Waals surface area contributed by atoms with Crippen LogP contribution in [-0.2, 0) is 4.79 Å². The molecule has 1 aliphatic heterocycles. The highest BCUT2D eigenvalue weighted by Gasteiger charge is 2.28. The van der Waals surface area contributed by atoms with Crippen molar-refractivity contribution in [3.05, 3.63) is 0 Å². The maximum Gasteiger partial charge on any atom is 0.222 e. The zero-order valence-electron chi connectivity index (χ0n) is 10.5. The van der Waals surface area contributed by atoms with Crippen LogP contribution in [0.4, 0.5) is 0 Å². The van der Waals surface area contributed by atoms with Gasteiger partial charge in [-0.25, -0.2) is 0 Å². The molecule has 1 fully saturated rings. The molecule has 0 aromatic heterocycles. The summed E-state index contributed by atoms with van der Waals surface area (Å²) >= 11 is 0. The molecule has 0 radical (unpaired) electrons. The third-order valence-electron chi connectivity index (χ3n) is 3.29. The van der Waals surface area contributed by atoms with Crippen molar-refractivity contribution in [2.75, 3.05) is 20.1 Å². The quantitative estimate of drug-likeness (QED) is 0.680. The monoisotopic (exact) mass is 227 g/mol. The molecule has 1 aliphatic rings. The Labute approximate surface area is 98.6 Å². The third-order valence-corrected chi connectivity index (χ3v) is 3.29. The Morgan fingerprint density at radius 3 is 2.94 bits per heavy atom. The minimum absolute atomic E-state index is 0.0913. The first-order valence-corrected chi connectivity index (χ1v) is 6.36. The molecule has 3 N–H and O–H groups in total. The van der Waals surface area contributed by atoms with Gasteiger partial charge in [0.1, 0.15) is 0 Å². The molecule has 0 saturated carbocycles. The molecule has 4 nitrogen and oxygen atoms in total. The summed E-state index contributed by atoms with van der Waals surface area (Å²) in [6, 6.07) is 0.351. The van der Waals surface area contributed by atoms with Gasteiger partial charge in [-0.15, -0.1) is 0 Å². The van der Waals surface area contributed by atoms with E-state index in [1.807, 2.05) is 18.9 Å².